The molecule has 8 unspecified atom stereocenters. The Kier molecular flexibility index (Phi) is 9.32. The second kappa shape index (κ2) is 12.5. The minimum absolute atomic E-state index is 0.0704. The van der Waals surface area contributed by atoms with Crippen molar-refractivity contribution in [3.63, 3.8) is 0 Å². The Morgan fingerprint density at radius 1 is 1.00 bits per heavy atom. The molecule has 0 heterocycles. The summed E-state index contributed by atoms with van der Waals surface area (Å²) in [6.07, 6.45) is 18.7. The van der Waals surface area contributed by atoms with Crippen molar-refractivity contribution in [3.05, 3.63) is 35.9 Å². The van der Waals surface area contributed by atoms with E-state index in [1.165, 1.54) is 57.8 Å². The molecule has 5 rings (SSSR count). The van der Waals surface area contributed by atoms with Crippen molar-refractivity contribution >= 4 is 11.6 Å². The van der Waals surface area contributed by atoms with Gasteiger partial charge in [-0.3, -0.25) is 4.79 Å². The topological polar surface area (TPSA) is 38.3 Å². The van der Waals surface area contributed by atoms with Crippen LogP contribution in [0.15, 0.2) is 35.9 Å². The first-order valence-corrected chi connectivity index (χ1v) is 17.3. The number of carbonyl (C=O) groups is 1. The SMILES string of the molecule is CCC(C)(C)C(=O)Nc1ccc(OC2CCC3(C)C(=CCC4C5CCC(C(C)CCCC(C)C)C5CCC43)C2)cc1. The minimum atomic E-state index is -0.360. The van der Waals surface area contributed by atoms with Crippen LogP contribution in [0.1, 0.15) is 126 Å². The average molecular weight is 562 g/mol. The molecule has 3 fully saturated rings. The smallest absolute Gasteiger partial charge is 0.230 e. The maximum absolute atomic E-state index is 12.5. The predicted octanol–water partition coefficient (Wildman–Crippen LogP) is 10.5. The van der Waals surface area contributed by atoms with E-state index in [-0.39, 0.29) is 17.4 Å². The van der Waals surface area contributed by atoms with Gasteiger partial charge in [-0.1, -0.05) is 79.4 Å². The third-order valence-electron chi connectivity index (χ3n) is 12.5. The van der Waals surface area contributed by atoms with Gasteiger partial charge in [-0.25, -0.2) is 0 Å². The number of carbonyl (C=O) groups excluding carboxylic acids is 1. The largest absolute Gasteiger partial charge is 0.490 e. The summed E-state index contributed by atoms with van der Waals surface area (Å²) in [5.41, 5.74) is 2.54. The number of rotatable bonds is 10. The second-order valence-corrected chi connectivity index (χ2v) is 15.8. The van der Waals surface area contributed by atoms with Crippen LogP contribution in [0.5, 0.6) is 5.75 Å². The number of fused-ring (bicyclic) bond motifs is 5. The Balaban J connectivity index is 1.18. The van der Waals surface area contributed by atoms with Crippen LogP contribution in [0.2, 0.25) is 0 Å². The number of benzene rings is 1. The predicted molar refractivity (Wildman–Crippen MR) is 172 cm³/mol. The lowest BCUT2D eigenvalue weighted by Crippen LogP contribution is -2.48. The molecule has 3 heteroatoms. The summed E-state index contributed by atoms with van der Waals surface area (Å²) in [6, 6.07) is 8.01. The Labute approximate surface area is 251 Å². The normalized spacial score (nSPS) is 33.8. The monoisotopic (exact) mass is 561 g/mol. The molecule has 0 saturated heterocycles. The molecule has 0 bridgehead atoms. The highest BCUT2D eigenvalue weighted by atomic mass is 16.5. The number of amides is 1. The van der Waals surface area contributed by atoms with E-state index in [2.05, 4.69) is 46.0 Å². The van der Waals surface area contributed by atoms with Crippen molar-refractivity contribution in [1.82, 2.24) is 0 Å². The fourth-order valence-electron chi connectivity index (χ4n) is 9.46. The van der Waals surface area contributed by atoms with Crippen molar-refractivity contribution in [1.29, 1.82) is 0 Å². The van der Waals surface area contributed by atoms with E-state index in [0.29, 0.717) is 5.41 Å². The summed E-state index contributed by atoms with van der Waals surface area (Å²) in [7, 11) is 0. The van der Waals surface area contributed by atoms with Gasteiger partial charge in [0.1, 0.15) is 11.9 Å². The van der Waals surface area contributed by atoms with Crippen molar-refractivity contribution < 1.29 is 9.53 Å². The van der Waals surface area contributed by atoms with Gasteiger partial charge >= 0.3 is 0 Å². The zero-order valence-electron chi connectivity index (χ0n) is 27.3. The Morgan fingerprint density at radius 2 is 1.73 bits per heavy atom. The molecule has 0 aliphatic heterocycles. The van der Waals surface area contributed by atoms with Gasteiger partial charge in [-0.15, -0.1) is 0 Å². The van der Waals surface area contributed by atoms with Crippen LogP contribution >= 0.6 is 0 Å². The van der Waals surface area contributed by atoms with Crippen LogP contribution in [-0.2, 0) is 4.79 Å². The highest BCUT2D eigenvalue weighted by molar-refractivity contribution is 5.94. The van der Waals surface area contributed by atoms with E-state index in [4.69, 9.17) is 4.74 Å². The molecule has 0 radical (unpaired) electrons. The van der Waals surface area contributed by atoms with Crippen molar-refractivity contribution in [2.45, 2.75) is 132 Å². The van der Waals surface area contributed by atoms with Gasteiger partial charge in [-0.2, -0.15) is 0 Å². The molecule has 8 atom stereocenters. The van der Waals surface area contributed by atoms with Gasteiger partial charge in [0.05, 0.1) is 0 Å². The van der Waals surface area contributed by atoms with Gasteiger partial charge in [0.15, 0.2) is 0 Å². The Morgan fingerprint density at radius 3 is 2.44 bits per heavy atom. The first kappa shape index (κ1) is 30.7. The lowest BCUT2D eigenvalue weighted by atomic mass is 9.50. The first-order valence-electron chi connectivity index (χ1n) is 17.3. The highest BCUT2D eigenvalue weighted by Crippen LogP contribution is 2.63. The fourth-order valence-corrected chi connectivity index (χ4v) is 9.46. The standard InChI is InChI=1S/C38H59NO2/c1-8-37(5,6)36(40)39-28-13-15-29(16-14-28)41-30-22-23-38(7)27(24-30)12-17-34-33-19-18-31(32(33)20-21-35(34)38)26(4)11-9-10-25(2)3/h12-16,25-26,30-35H,8-11,17-24H2,1-7H3,(H,39,40). The number of hydrogen-bond acceptors (Lipinski definition) is 2. The molecular formula is C38H59NO2. The molecule has 0 spiro atoms. The van der Waals surface area contributed by atoms with Crippen molar-refractivity contribution in [2.24, 2.45) is 52.3 Å². The molecule has 228 valence electrons. The van der Waals surface area contributed by atoms with Crippen LogP contribution in [0.25, 0.3) is 0 Å². The summed E-state index contributed by atoms with van der Waals surface area (Å²) < 4.78 is 6.54. The zero-order valence-corrected chi connectivity index (χ0v) is 27.3. The number of nitrogens with one attached hydrogen (secondary N) is 1. The molecule has 1 amide bonds. The lowest BCUT2D eigenvalue weighted by Gasteiger charge is -2.55. The van der Waals surface area contributed by atoms with E-state index in [1.54, 1.807) is 5.57 Å². The summed E-state index contributed by atoms with van der Waals surface area (Å²) in [6.45, 7) is 16.0. The Hall–Kier alpha value is -1.77. The first-order chi connectivity index (χ1) is 19.5. The lowest BCUT2D eigenvalue weighted by molar-refractivity contribution is -0.124. The van der Waals surface area contributed by atoms with E-state index >= 15 is 0 Å². The van der Waals surface area contributed by atoms with Crippen LogP contribution in [0.3, 0.4) is 0 Å². The number of anilines is 1. The summed E-state index contributed by atoms with van der Waals surface area (Å²) in [4.78, 5) is 12.5. The summed E-state index contributed by atoms with van der Waals surface area (Å²) in [5.74, 6) is 7.46. The fraction of sp³-hybridized carbons (Fsp3) is 0.763. The summed E-state index contributed by atoms with van der Waals surface area (Å²) in [5, 5.41) is 3.07. The van der Waals surface area contributed by atoms with Gasteiger partial charge in [0.25, 0.3) is 0 Å². The quantitative estimate of drug-likeness (QED) is 0.289. The molecule has 4 aliphatic rings. The van der Waals surface area contributed by atoms with Crippen LogP contribution in [0.4, 0.5) is 5.69 Å². The third-order valence-corrected chi connectivity index (χ3v) is 12.5. The minimum Gasteiger partial charge on any atom is -0.490 e. The van der Waals surface area contributed by atoms with Gasteiger partial charge in [-0.05, 0) is 122 Å². The molecule has 41 heavy (non-hydrogen) atoms. The molecule has 3 saturated carbocycles. The van der Waals surface area contributed by atoms with Crippen LogP contribution < -0.4 is 10.1 Å². The molecule has 1 N–H and O–H groups in total. The molecule has 0 aromatic heterocycles. The maximum Gasteiger partial charge on any atom is 0.230 e. The Bertz CT molecular complexity index is 1070. The summed E-state index contributed by atoms with van der Waals surface area (Å²) >= 11 is 0. The number of ether oxygens (including phenoxy) is 1. The zero-order chi connectivity index (χ0) is 29.4. The average Bonchev–Trinajstić information content (AvgIpc) is 3.39. The van der Waals surface area contributed by atoms with Gasteiger partial charge in [0.2, 0.25) is 5.91 Å². The molecule has 3 nitrogen and oxygen atoms in total. The van der Waals surface area contributed by atoms with Crippen molar-refractivity contribution in [3.8, 4) is 5.75 Å². The van der Waals surface area contributed by atoms with E-state index in [0.717, 1.165) is 72.1 Å². The number of hydrogen-bond donors (Lipinski definition) is 1. The highest BCUT2D eigenvalue weighted by Gasteiger charge is 2.54. The molecule has 4 aliphatic carbocycles. The molecule has 1 aromatic rings. The van der Waals surface area contributed by atoms with Crippen LogP contribution in [0, 0.1) is 52.3 Å². The number of allylic oxidation sites excluding steroid dienone is 1. The van der Waals surface area contributed by atoms with Gasteiger partial charge in [0, 0.05) is 17.5 Å². The van der Waals surface area contributed by atoms with Crippen molar-refractivity contribution in [2.75, 3.05) is 5.32 Å². The molecular weight excluding hydrogens is 502 g/mol. The van der Waals surface area contributed by atoms with E-state index in [1.807, 2.05) is 38.1 Å². The van der Waals surface area contributed by atoms with Crippen LogP contribution in [-0.4, -0.2) is 12.0 Å². The third kappa shape index (κ3) is 6.45. The van der Waals surface area contributed by atoms with E-state index in [9.17, 15) is 4.79 Å². The van der Waals surface area contributed by atoms with E-state index < -0.39 is 0 Å². The van der Waals surface area contributed by atoms with Gasteiger partial charge < -0.3 is 10.1 Å². The molecule has 1 aromatic carbocycles. The second-order valence-electron chi connectivity index (χ2n) is 15.8. The maximum atomic E-state index is 12.5.